The molecule has 0 N–H and O–H groups in total. The molecule has 0 rings (SSSR count). The third kappa shape index (κ3) is 2.31. The number of hydrogen-bond acceptors (Lipinski definition) is 0. The van der Waals surface area contributed by atoms with Gasteiger partial charge in [-0.3, -0.25) is 0 Å². The predicted octanol–water partition coefficient (Wildman–Crippen LogP) is 1.52. The first-order valence-corrected chi connectivity index (χ1v) is 4.12. The smallest absolute Gasteiger partial charge is 0.0150 e. The fourth-order valence-electron chi connectivity index (χ4n) is 0.433. The summed E-state index contributed by atoms with van der Waals surface area (Å²) in [4.78, 5) is 0. The Hall–Kier alpha value is -0.0431. The molecule has 8 heavy (non-hydrogen) atoms. The quantitative estimate of drug-likeness (QED) is 0.371. The van der Waals surface area contributed by atoms with Crippen LogP contribution in [0, 0.1) is 0 Å². The molecule has 0 aliphatic heterocycles. The molecule has 0 aromatic carbocycles. The largest absolute Gasteiger partial charge is 0.0885 e. The lowest BCUT2D eigenvalue weighted by Gasteiger charge is -2.18. The molecule has 48 valence electrons. The van der Waals surface area contributed by atoms with E-state index in [-0.39, 0.29) is 0 Å². The Balaban J connectivity index is 4.03. The molecule has 0 aromatic heterocycles. The van der Waals surface area contributed by atoms with E-state index < -0.39 is 0 Å². The summed E-state index contributed by atoms with van der Waals surface area (Å²) in [6.45, 7) is 8.88. The molecule has 0 saturated carbocycles. The van der Waals surface area contributed by atoms with Crippen molar-refractivity contribution in [2.45, 2.75) is 32.7 Å². The molecule has 0 fully saturated rings. The molecule has 0 atom stereocenters. The van der Waals surface area contributed by atoms with Gasteiger partial charge in [0.05, 0.1) is 0 Å². The average molecular weight is 128 g/mol. The Morgan fingerprint density at radius 1 is 1.50 bits per heavy atom. The van der Waals surface area contributed by atoms with E-state index in [0.29, 0.717) is 5.04 Å². The van der Waals surface area contributed by atoms with E-state index in [1.807, 2.05) is 0 Å². The van der Waals surface area contributed by atoms with Crippen LogP contribution in [0.5, 0.6) is 0 Å². The summed E-state index contributed by atoms with van der Waals surface area (Å²) in [5.41, 5.74) is 1.52. The van der Waals surface area contributed by atoms with Gasteiger partial charge in [0.15, 0.2) is 0 Å². The van der Waals surface area contributed by atoms with Crippen LogP contribution in [0.15, 0.2) is 11.6 Å². The lowest BCUT2D eigenvalue weighted by atomic mass is 10.0. The molecule has 0 aliphatic rings. The molecule has 0 spiro atoms. The summed E-state index contributed by atoms with van der Waals surface area (Å²) in [5, 5.41) is 0.509. The summed E-state index contributed by atoms with van der Waals surface area (Å²) < 4.78 is 0. The van der Waals surface area contributed by atoms with Gasteiger partial charge in [0.25, 0.3) is 0 Å². The minimum atomic E-state index is 0.509. The van der Waals surface area contributed by atoms with Crippen LogP contribution in [0.2, 0.25) is 5.04 Å². The van der Waals surface area contributed by atoms with Gasteiger partial charge in [-0.1, -0.05) is 25.5 Å². The number of hydrogen-bond donors (Lipinski definition) is 0. The van der Waals surface area contributed by atoms with Crippen LogP contribution in [0.3, 0.4) is 0 Å². The van der Waals surface area contributed by atoms with Crippen molar-refractivity contribution in [1.82, 2.24) is 0 Å². The first kappa shape index (κ1) is 7.96. The molecular weight excluding hydrogens is 112 g/mol. The van der Waals surface area contributed by atoms with Gasteiger partial charge in [0, 0.05) is 10.2 Å². The summed E-state index contributed by atoms with van der Waals surface area (Å²) >= 11 is 0. The first-order valence-electron chi connectivity index (χ1n) is 3.12. The zero-order chi connectivity index (χ0) is 6.78. The topological polar surface area (TPSA) is 0 Å². The molecule has 0 radical (unpaired) electrons. The van der Waals surface area contributed by atoms with E-state index in [2.05, 4.69) is 33.8 Å². The second-order valence-electron chi connectivity index (χ2n) is 3.22. The maximum absolute atomic E-state index is 2.29. The molecule has 0 heterocycles. The van der Waals surface area contributed by atoms with Crippen LogP contribution in [0.4, 0.5) is 0 Å². The van der Waals surface area contributed by atoms with Crippen molar-refractivity contribution in [1.29, 1.82) is 0 Å². The van der Waals surface area contributed by atoms with Gasteiger partial charge in [0.2, 0.25) is 0 Å². The Labute approximate surface area is 55.4 Å². The fourth-order valence-corrected chi connectivity index (χ4v) is 0.722. The maximum atomic E-state index is 2.29. The minimum absolute atomic E-state index is 0.509. The fraction of sp³-hybridized carbons (Fsp3) is 0.714. The van der Waals surface area contributed by atoms with Gasteiger partial charge in [-0.25, -0.2) is 0 Å². The van der Waals surface area contributed by atoms with Crippen molar-refractivity contribution in [3.8, 4) is 0 Å². The Morgan fingerprint density at radius 2 is 1.88 bits per heavy atom. The summed E-state index contributed by atoms with van der Waals surface area (Å²) in [7, 11) is 1.25. The van der Waals surface area contributed by atoms with Gasteiger partial charge in [-0.05, 0) is 18.9 Å². The van der Waals surface area contributed by atoms with Crippen molar-refractivity contribution in [2.24, 2.45) is 0 Å². The van der Waals surface area contributed by atoms with E-state index in [1.165, 1.54) is 15.8 Å². The van der Waals surface area contributed by atoms with Crippen LogP contribution in [0.1, 0.15) is 27.7 Å². The van der Waals surface area contributed by atoms with Gasteiger partial charge in [0.1, 0.15) is 0 Å². The Kier molecular flexibility index (Phi) is 2.48. The van der Waals surface area contributed by atoms with Crippen LogP contribution in [0.25, 0.3) is 0 Å². The highest BCUT2D eigenvalue weighted by Crippen LogP contribution is 2.28. The maximum Gasteiger partial charge on any atom is 0.0150 e. The highest BCUT2D eigenvalue weighted by Gasteiger charge is 2.10. The van der Waals surface area contributed by atoms with Crippen LogP contribution < -0.4 is 0 Å². The highest BCUT2D eigenvalue weighted by atomic mass is 28.1. The molecule has 0 aromatic rings. The summed E-state index contributed by atoms with van der Waals surface area (Å²) in [6, 6.07) is 0. The van der Waals surface area contributed by atoms with E-state index in [0.717, 1.165) is 0 Å². The number of allylic oxidation sites excluding steroid dienone is 2. The lowest BCUT2D eigenvalue weighted by Crippen LogP contribution is -2.02. The standard InChI is InChI=1S/C7H16Si/c1-5-6(2)7(3,4)8/h5H,1-4,8H3. The van der Waals surface area contributed by atoms with E-state index in [9.17, 15) is 0 Å². The highest BCUT2D eigenvalue weighted by molar-refractivity contribution is 6.16. The second kappa shape index (κ2) is 2.49. The van der Waals surface area contributed by atoms with Crippen LogP contribution in [-0.2, 0) is 0 Å². The van der Waals surface area contributed by atoms with Gasteiger partial charge in [-0.15, -0.1) is 0 Å². The van der Waals surface area contributed by atoms with E-state index in [1.54, 1.807) is 0 Å². The SMILES string of the molecule is CC=C(C)C(C)(C)[SiH3]. The monoisotopic (exact) mass is 128 g/mol. The summed E-state index contributed by atoms with van der Waals surface area (Å²) in [6.07, 6.45) is 2.20. The van der Waals surface area contributed by atoms with Gasteiger partial charge in [-0.2, -0.15) is 0 Å². The molecule has 0 unspecified atom stereocenters. The molecule has 0 bridgehead atoms. The van der Waals surface area contributed by atoms with E-state index in [4.69, 9.17) is 0 Å². The predicted molar refractivity (Wildman–Crippen MR) is 43.4 cm³/mol. The Morgan fingerprint density at radius 3 is 1.88 bits per heavy atom. The zero-order valence-electron chi connectivity index (χ0n) is 6.58. The average Bonchev–Trinajstić information content (AvgIpc) is 1.62. The van der Waals surface area contributed by atoms with Crippen molar-refractivity contribution < 1.29 is 0 Å². The first-order chi connectivity index (χ1) is 3.48. The van der Waals surface area contributed by atoms with Crippen LogP contribution >= 0.6 is 0 Å². The zero-order valence-corrected chi connectivity index (χ0v) is 8.58. The van der Waals surface area contributed by atoms with Gasteiger partial charge >= 0.3 is 0 Å². The lowest BCUT2D eigenvalue weighted by molar-refractivity contribution is 0.795. The number of rotatable bonds is 1. The van der Waals surface area contributed by atoms with Gasteiger partial charge < -0.3 is 0 Å². The normalized spacial score (nSPS) is 14.8. The minimum Gasteiger partial charge on any atom is -0.0885 e. The van der Waals surface area contributed by atoms with Crippen molar-refractivity contribution in [3.05, 3.63) is 11.6 Å². The third-order valence-electron chi connectivity index (χ3n) is 1.62. The summed E-state index contributed by atoms with van der Waals surface area (Å²) in [5.74, 6) is 0. The van der Waals surface area contributed by atoms with Crippen molar-refractivity contribution >= 4 is 10.2 Å². The molecule has 1 heteroatoms. The van der Waals surface area contributed by atoms with Crippen LogP contribution in [-0.4, -0.2) is 10.2 Å². The third-order valence-corrected chi connectivity index (χ3v) is 2.40. The molecule has 0 saturated heterocycles. The second-order valence-corrected chi connectivity index (χ2v) is 5.72. The molecule has 0 nitrogen and oxygen atoms in total. The molecule has 0 amide bonds. The van der Waals surface area contributed by atoms with Crippen molar-refractivity contribution in [2.75, 3.05) is 0 Å². The van der Waals surface area contributed by atoms with E-state index >= 15 is 0 Å². The Bertz CT molecular complexity index is 95.4. The molecule has 0 aliphatic carbocycles. The molecular formula is C7H16Si. The van der Waals surface area contributed by atoms with Crippen molar-refractivity contribution in [3.63, 3.8) is 0 Å².